The highest BCUT2D eigenvalue weighted by Crippen LogP contribution is 2.24. The Morgan fingerprint density at radius 3 is 2.68 bits per heavy atom. The zero-order chi connectivity index (χ0) is 24.1. The Kier molecular flexibility index (Phi) is 7.63. The van der Waals surface area contributed by atoms with Crippen molar-refractivity contribution in [2.24, 2.45) is 5.92 Å². The smallest absolute Gasteiger partial charge is 0.253 e. The van der Waals surface area contributed by atoms with Crippen LogP contribution in [0.1, 0.15) is 47.7 Å². The molecule has 1 aliphatic heterocycles. The largest absolute Gasteiger partial charge is 0.382 e. The fourth-order valence-corrected chi connectivity index (χ4v) is 4.73. The third kappa shape index (κ3) is 5.47. The van der Waals surface area contributed by atoms with Crippen LogP contribution in [0.3, 0.4) is 0 Å². The van der Waals surface area contributed by atoms with Gasteiger partial charge in [-0.2, -0.15) is 0 Å². The first kappa shape index (κ1) is 24.0. The Balaban J connectivity index is 1.47. The van der Waals surface area contributed by atoms with Gasteiger partial charge < -0.3 is 14.2 Å². The quantitative estimate of drug-likeness (QED) is 0.498. The van der Waals surface area contributed by atoms with Crippen molar-refractivity contribution in [2.45, 2.75) is 46.6 Å². The standard InChI is InChI=1S/C27H34N4O3/c1-4-34-14-8-13-31-24-11-6-5-10-23(24)28-27(31)29-25(32)21-9-7-12-30(18-21)26(33)22-16-19(2)15-20(3)17-22/h5-6,10-11,15-17,21H,4,7-9,12-14,18H2,1-3H3,(H,28,29,32). The zero-order valence-corrected chi connectivity index (χ0v) is 20.3. The Morgan fingerprint density at radius 2 is 1.91 bits per heavy atom. The maximum atomic E-state index is 13.3. The van der Waals surface area contributed by atoms with Gasteiger partial charge in [0.05, 0.1) is 17.0 Å². The number of hydrogen-bond donors (Lipinski definition) is 1. The van der Waals surface area contributed by atoms with Crippen LogP contribution in [0, 0.1) is 19.8 Å². The summed E-state index contributed by atoms with van der Waals surface area (Å²) in [5, 5.41) is 3.06. The van der Waals surface area contributed by atoms with E-state index in [2.05, 4.69) is 16.4 Å². The first-order valence-corrected chi connectivity index (χ1v) is 12.2. The van der Waals surface area contributed by atoms with Crippen LogP contribution < -0.4 is 5.32 Å². The lowest BCUT2D eigenvalue weighted by molar-refractivity contribution is -0.121. The van der Waals surface area contributed by atoms with Crippen LogP contribution in [0.2, 0.25) is 0 Å². The predicted molar refractivity (Wildman–Crippen MR) is 134 cm³/mol. The molecule has 0 aliphatic carbocycles. The third-order valence-electron chi connectivity index (χ3n) is 6.31. The summed E-state index contributed by atoms with van der Waals surface area (Å²) in [5.74, 6) is 0.201. The molecule has 1 N–H and O–H groups in total. The number of aromatic nitrogens is 2. The lowest BCUT2D eigenvalue weighted by atomic mass is 9.96. The number of piperidine rings is 1. The van der Waals surface area contributed by atoms with E-state index < -0.39 is 0 Å². The summed E-state index contributed by atoms with van der Waals surface area (Å²) in [4.78, 5) is 32.9. The van der Waals surface area contributed by atoms with Gasteiger partial charge in [-0.25, -0.2) is 4.98 Å². The van der Waals surface area contributed by atoms with E-state index in [1.807, 2.05) is 66.6 Å². The highest BCUT2D eigenvalue weighted by atomic mass is 16.5. The molecule has 0 saturated carbocycles. The minimum atomic E-state index is -0.264. The topological polar surface area (TPSA) is 76.5 Å². The Hall–Kier alpha value is -3.19. The number of carbonyl (C=O) groups is 2. The minimum Gasteiger partial charge on any atom is -0.382 e. The molecule has 1 atom stereocenters. The number of amides is 2. The van der Waals surface area contributed by atoms with Crippen molar-refractivity contribution >= 4 is 28.8 Å². The first-order valence-electron chi connectivity index (χ1n) is 12.2. The summed E-state index contributed by atoms with van der Waals surface area (Å²) in [6.07, 6.45) is 2.39. The second-order valence-electron chi connectivity index (χ2n) is 9.08. The van der Waals surface area contributed by atoms with E-state index in [0.29, 0.717) is 44.4 Å². The molecule has 1 aromatic heterocycles. The van der Waals surface area contributed by atoms with Crippen LogP contribution in [0.5, 0.6) is 0 Å². The maximum Gasteiger partial charge on any atom is 0.253 e. The van der Waals surface area contributed by atoms with Crippen LogP contribution in [-0.2, 0) is 16.1 Å². The van der Waals surface area contributed by atoms with Crippen molar-refractivity contribution in [3.63, 3.8) is 0 Å². The monoisotopic (exact) mass is 462 g/mol. The van der Waals surface area contributed by atoms with Crippen molar-refractivity contribution in [1.29, 1.82) is 0 Å². The molecule has 0 radical (unpaired) electrons. The van der Waals surface area contributed by atoms with Crippen LogP contribution in [0.4, 0.5) is 5.95 Å². The number of rotatable bonds is 8. The van der Waals surface area contributed by atoms with Crippen molar-refractivity contribution in [1.82, 2.24) is 14.5 Å². The molecule has 7 nitrogen and oxygen atoms in total. The van der Waals surface area contributed by atoms with Crippen LogP contribution >= 0.6 is 0 Å². The summed E-state index contributed by atoms with van der Waals surface area (Å²) < 4.78 is 7.54. The number of para-hydroxylation sites is 2. The number of imidazole rings is 1. The molecule has 1 aliphatic rings. The van der Waals surface area contributed by atoms with Gasteiger partial charge in [0, 0.05) is 38.4 Å². The second-order valence-corrected chi connectivity index (χ2v) is 9.08. The highest BCUT2D eigenvalue weighted by molar-refractivity contribution is 5.96. The number of nitrogens with zero attached hydrogens (tertiary/aromatic N) is 3. The average Bonchev–Trinajstić information content (AvgIpc) is 3.17. The molecule has 1 unspecified atom stereocenters. The molecule has 0 bridgehead atoms. The molecule has 0 spiro atoms. The van der Waals surface area contributed by atoms with E-state index >= 15 is 0 Å². The summed E-state index contributed by atoms with van der Waals surface area (Å²) in [6, 6.07) is 13.8. The van der Waals surface area contributed by atoms with Crippen molar-refractivity contribution in [2.75, 3.05) is 31.6 Å². The van der Waals surface area contributed by atoms with Crippen LogP contribution in [0.15, 0.2) is 42.5 Å². The van der Waals surface area contributed by atoms with E-state index in [4.69, 9.17) is 4.74 Å². The fraction of sp³-hybridized carbons (Fsp3) is 0.444. The van der Waals surface area contributed by atoms with Crippen LogP contribution in [-0.4, -0.2) is 52.6 Å². The number of fused-ring (bicyclic) bond motifs is 1. The van der Waals surface area contributed by atoms with Gasteiger partial charge in [0.25, 0.3) is 5.91 Å². The molecule has 4 rings (SSSR count). The molecular formula is C27H34N4O3. The van der Waals surface area contributed by atoms with E-state index in [-0.39, 0.29) is 17.7 Å². The van der Waals surface area contributed by atoms with E-state index in [1.54, 1.807) is 0 Å². The molecule has 2 amide bonds. The fourth-order valence-electron chi connectivity index (χ4n) is 4.73. The van der Waals surface area contributed by atoms with Gasteiger partial charge in [0.2, 0.25) is 11.9 Å². The normalized spacial score (nSPS) is 16.1. The zero-order valence-electron chi connectivity index (χ0n) is 20.3. The molecular weight excluding hydrogens is 428 g/mol. The summed E-state index contributed by atoms with van der Waals surface area (Å²) in [5.41, 5.74) is 4.67. The minimum absolute atomic E-state index is 0.00698. The summed E-state index contributed by atoms with van der Waals surface area (Å²) in [6.45, 7) is 9.12. The molecule has 2 heterocycles. The van der Waals surface area contributed by atoms with Gasteiger partial charge in [-0.15, -0.1) is 0 Å². The third-order valence-corrected chi connectivity index (χ3v) is 6.31. The number of hydrogen-bond acceptors (Lipinski definition) is 4. The molecule has 1 fully saturated rings. The lowest BCUT2D eigenvalue weighted by Crippen LogP contribution is -2.44. The Morgan fingerprint density at radius 1 is 1.15 bits per heavy atom. The maximum absolute atomic E-state index is 13.3. The van der Waals surface area contributed by atoms with Crippen LogP contribution in [0.25, 0.3) is 11.0 Å². The molecule has 1 saturated heterocycles. The van der Waals surface area contributed by atoms with Gasteiger partial charge in [0.15, 0.2) is 0 Å². The van der Waals surface area contributed by atoms with Crippen molar-refractivity contribution in [3.8, 4) is 0 Å². The van der Waals surface area contributed by atoms with Crippen molar-refractivity contribution < 1.29 is 14.3 Å². The molecule has 3 aromatic rings. The second kappa shape index (κ2) is 10.8. The summed E-state index contributed by atoms with van der Waals surface area (Å²) in [7, 11) is 0. The Bertz CT molecular complexity index is 1150. The van der Waals surface area contributed by atoms with E-state index in [9.17, 15) is 9.59 Å². The SMILES string of the molecule is CCOCCCn1c(NC(=O)C2CCCN(C(=O)c3cc(C)cc(C)c3)C2)nc2ccccc21. The number of carbonyl (C=O) groups excluding carboxylic acids is 2. The molecule has 34 heavy (non-hydrogen) atoms. The first-order chi connectivity index (χ1) is 16.5. The number of likely N-dealkylation sites (tertiary alicyclic amines) is 1. The van der Waals surface area contributed by atoms with Gasteiger partial charge in [-0.1, -0.05) is 29.3 Å². The van der Waals surface area contributed by atoms with Crippen molar-refractivity contribution in [3.05, 3.63) is 59.2 Å². The number of nitrogens with one attached hydrogen (secondary N) is 1. The number of anilines is 1. The van der Waals surface area contributed by atoms with Gasteiger partial charge in [-0.3, -0.25) is 14.9 Å². The van der Waals surface area contributed by atoms with Gasteiger partial charge in [0.1, 0.15) is 0 Å². The molecule has 2 aromatic carbocycles. The lowest BCUT2D eigenvalue weighted by Gasteiger charge is -2.32. The molecule has 180 valence electrons. The van der Waals surface area contributed by atoms with Gasteiger partial charge in [-0.05, 0) is 64.3 Å². The number of benzene rings is 2. The average molecular weight is 463 g/mol. The predicted octanol–water partition coefficient (Wildman–Crippen LogP) is 4.57. The molecule has 7 heteroatoms. The highest BCUT2D eigenvalue weighted by Gasteiger charge is 2.30. The number of aryl methyl sites for hydroxylation is 3. The van der Waals surface area contributed by atoms with E-state index in [0.717, 1.165) is 41.4 Å². The van der Waals surface area contributed by atoms with E-state index in [1.165, 1.54) is 0 Å². The Labute approximate surface area is 201 Å². The number of ether oxygens (including phenoxy) is 1. The summed E-state index contributed by atoms with van der Waals surface area (Å²) >= 11 is 0. The van der Waals surface area contributed by atoms with Gasteiger partial charge >= 0.3 is 0 Å².